The van der Waals surface area contributed by atoms with Crippen LogP contribution in [0.25, 0.3) is 0 Å². The number of para-hydroxylation sites is 1. The number of nitrogens with one attached hydrogen (secondary N) is 1. The maximum absolute atomic E-state index is 13.0. The van der Waals surface area contributed by atoms with Crippen LogP contribution in [-0.2, 0) is 13.0 Å². The lowest BCUT2D eigenvalue weighted by Gasteiger charge is -2.08. The Hall–Kier alpha value is -4.19. The van der Waals surface area contributed by atoms with Crippen LogP contribution in [0.5, 0.6) is 11.5 Å². The number of nitrogens with zero attached hydrogens (tertiary/aromatic N) is 2. The molecule has 1 amide bonds. The van der Waals surface area contributed by atoms with E-state index in [2.05, 4.69) is 10.4 Å². The van der Waals surface area contributed by atoms with Crippen molar-refractivity contribution >= 4 is 11.7 Å². The van der Waals surface area contributed by atoms with Gasteiger partial charge in [-0.3, -0.25) is 14.3 Å². The Balaban J connectivity index is 1.46. The van der Waals surface area contributed by atoms with Crippen molar-refractivity contribution in [2.75, 3.05) is 7.05 Å². The zero-order valence-corrected chi connectivity index (χ0v) is 19.5. The molecule has 0 fully saturated rings. The van der Waals surface area contributed by atoms with Gasteiger partial charge in [0.05, 0.1) is 12.2 Å². The zero-order valence-electron chi connectivity index (χ0n) is 19.5. The normalized spacial score (nSPS) is 10.7. The molecule has 0 aliphatic carbocycles. The second-order valence-electron chi connectivity index (χ2n) is 8.13. The summed E-state index contributed by atoms with van der Waals surface area (Å²) in [4.78, 5) is 24.9. The van der Waals surface area contributed by atoms with Gasteiger partial charge in [0, 0.05) is 35.9 Å². The van der Waals surface area contributed by atoms with Crippen LogP contribution in [0.4, 0.5) is 0 Å². The van der Waals surface area contributed by atoms with Crippen molar-refractivity contribution in [1.29, 1.82) is 0 Å². The fraction of sp³-hybridized carbons (Fsp3) is 0.179. The molecule has 34 heavy (non-hydrogen) atoms. The number of Topliss-reactive ketones (excluding diaryl/α,β-unsaturated/α-hetero) is 1. The Labute approximate surface area is 199 Å². The van der Waals surface area contributed by atoms with Gasteiger partial charge in [-0.1, -0.05) is 30.3 Å². The molecular formula is C28H27N3O3. The van der Waals surface area contributed by atoms with E-state index in [1.165, 1.54) is 0 Å². The number of ketones is 1. The highest BCUT2D eigenvalue weighted by molar-refractivity contribution is 5.97. The molecule has 0 bridgehead atoms. The van der Waals surface area contributed by atoms with Crippen LogP contribution in [0.2, 0.25) is 0 Å². The second kappa shape index (κ2) is 10.2. The number of hydrogen-bond acceptors (Lipinski definition) is 4. The van der Waals surface area contributed by atoms with Gasteiger partial charge in [0.15, 0.2) is 5.78 Å². The molecule has 0 spiro atoms. The highest BCUT2D eigenvalue weighted by Crippen LogP contribution is 2.23. The van der Waals surface area contributed by atoms with Gasteiger partial charge in [0.25, 0.3) is 5.91 Å². The number of aryl methyl sites for hydroxylation is 1. The number of rotatable bonds is 8. The van der Waals surface area contributed by atoms with Crippen molar-refractivity contribution in [3.8, 4) is 11.5 Å². The molecule has 0 aliphatic rings. The molecule has 6 nitrogen and oxygen atoms in total. The number of carbonyl (C=O) groups is 2. The number of amides is 1. The monoisotopic (exact) mass is 453 g/mol. The third kappa shape index (κ3) is 5.23. The maximum Gasteiger partial charge on any atom is 0.251 e. The Bertz CT molecular complexity index is 1310. The summed E-state index contributed by atoms with van der Waals surface area (Å²) in [5.74, 6) is 1.34. The van der Waals surface area contributed by atoms with E-state index in [0.29, 0.717) is 23.4 Å². The minimum atomic E-state index is -0.123. The molecule has 1 heterocycles. The molecule has 0 saturated heterocycles. The number of aromatic nitrogens is 2. The van der Waals surface area contributed by atoms with E-state index < -0.39 is 0 Å². The maximum atomic E-state index is 13.0. The number of ether oxygens (including phenoxy) is 1. The van der Waals surface area contributed by atoms with E-state index >= 15 is 0 Å². The lowest BCUT2D eigenvalue weighted by molar-refractivity contribution is 0.0961. The van der Waals surface area contributed by atoms with Crippen LogP contribution in [-0.4, -0.2) is 28.5 Å². The van der Waals surface area contributed by atoms with Gasteiger partial charge in [-0.15, -0.1) is 0 Å². The van der Waals surface area contributed by atoms with Crippen LogP contribution in [0.1, 0.15) is 43.2 Å². The first-order valence-electron chi connectivity index (χ1n) is 11.1. The first-order chi connectivity index (χ1) is 16.4. The van der Waals surface area contributed by atoms with Gasteiger partial charge in [-0.2, -0.15) is 5.10 Å². The molecule has 0 radical (unpaired) electrons. The Morgan fingerprint density at radius 1 is 0.882 bits per heavy atom. The third-order valence-electron chi connectivity index (χ3n) is 5.77. The van der Waals surface area contributed by atoms with Crippen LogP contribution in [0.3, 0.4) is 0 Å². The highest BCUT2D eigenvalue weighted by Gasteiger charge is 2.17. The van der Waals surface area contributed by atoms with Gasteiger partial charge in [-0.05, 0) is 67.9 Å². The summed E-state index contributed by atoms with van der Waals surface area (Å²) >= 11 is 0. The van der Waals surface area contributed by atoms with Crippen molar-refractivity contribution in [2.24, 2.45) is 0 Å². The summed E-state index contributed by atoms with van der Waals surface area (Å²) in [6.07, 6.45) is 0.273. The second-order valence-corrected chi connectivity index (χ2v) is 8.13. The summed E-state index contributed by atoms with van der Waals surface area (Å²) in [6, 6.07) is 24.2. The van der Waals surface area contributed by atoms with Crippen LogP contribution < -0.4 is 10.1 Å². The van der Waals surface area contributed by atoms with Crippen molar-refractivity contribution in [2.45, 2.75) is 26.8 Å². The predicted molar refractivity (Wildman–Crippen MR) is 132 cm³/mol. The Kier molecular flexibility index (Phi) is 6.87. The summed E-state index contributed by atoms with van der Waals surface area (Å²) < 4.78 is 7.70. The smallest absolute Gasteiger partial charge is 0.251 e. The molecule has 6 heteroatoms. The number of benzene rings is 3. The quantitative estimate of drug-likeness (QED) is 0.376. The summed E-state index contributed by atoms with van der Waals surface area (Å²) in [7, 11) is 1.61. The Morgan fingerprint density at radius 2 is 1.59 bits per heavy atom. The average Bonchev–Trinajstić information content (AvgIpc) is 3.12. The van der Waals surface area contributed by atoms with Crippen molar-refractivity contribution in [3.63, 3.8) is 0 Å². The molecule has 0 atom stereocenters. The van der Waals surface area contributed by atoms with Crippen molar-refractivity contribution in [1.82, 2.24) is 15.1 Å². The molecule has 4 rings (SSSR count). The molecule has 0 saturated carbocycles. The van der Waals surface area contributed by atoms with E-state index in [-0.39, 0.29) is 18.1 Å². The van der Waals surface area contributed by atoms with Gasteiger partial charge >= 0.3 is 0 Å². The first-order valence-corrected chi connectivity index (χ1v) is 11.1. The van der Waals surface area contributed by atoms with Crippen molar-refractivity contribution in [3.05, 3.63) is 113 Å². The molecule has 172 valence electrons. The lowest BCUT2D eigenvalue weighted by atomic mass is 10.0. The highest BCUT2D eigenvalue weighted by atomic mass is 16.5. The minimum Gasteiger partial charge on any atom is -0.457 e. The third-order valence-corrected chi connectivity index (χ3v) is 5.77. The van der Waals surface area contributed by atoms with Gasteiger partial charge in [-0.25, -0.2) is 0 Å². The standard InChI is InChI=1S/C28H27N3O3/c1-19-26(20(2)31(30-19)18-21-8-7-9-23(16-21)28(33)29-3)17-27(32)22-12-14-25(15-13-22)34-24-10-5-4-6-11-24/h4-16H,17-18H2,1-3H3,(H,29,33). The molecule has 3 aromatic carbocycles. The largest absolute Gasteiger partial charge is 0.457 e. The van der Waals surface area contributed by atoms with E-state index in [9.17, 15) is 9.59 Å². The topological polar surface area (TPSA) is 73.2 Å². The fourth-order valence-corrected chi connectivity index (χ4v) is 3.87. The summed E-state index contributed by atoms with van der Waals surface area (Å²) in [5.41, 5.74) is 4.91. The van der Waals surface area contributed by atoms with E-state index in [0.717, 1.165) is 28.3 Å². The molecule has 1 aromatic heterocycles. The Morgan fingerprint density at radius 3 is 2.29 bits per heavy atom. The molecule has 0 unspecified atom stereocenters. The SMILES string of the molecule is CNC(=O)c1cccc(Cn2nc(C)c(CC(=O)c3ccc(Oc4ccccc4)cc3)c2C)c1. The summed E-state index contributed by atoms with van der Waals surface area (Å²) in [5, 5.41) is 7.29. The van der Waals surface area contributed by atoms with Gasteiger partial charge in [0.2, 0.25) is 0 Å². The first kappa shape index (κ1) is 23.0. The van der Waals surface area contributed by atoms with E-state index in [4.69, 9.17) is 4.74 Å². The fourth-order valence-electron chi connectivity index (χ4n) is 3.87. The number of carbonyl (C=O) groups excluding carboxylic acids is 2. The zero-order chi connectivity index (χ0) is 24.1. The molecule has 1 N–H and O–H groups in total. The molecule has 0 aliphatic heterocycles. The van der Waals surface area contributed by atoms with Gasteiger partial charge in [0.1, 0.15) is 11.5 Å². The van der Waals surface area contributed by atoms with E-state index in [1.807, 2.05) is 79.2 Å². The van der Waals surface area contributed by atoms with Gasteiger partial charge < -0.3 is 10.1 Å². The number of hydrogen-bond donors (Lipinski definition) is 1. The molecule has 4 aromatic rings. The minimum absolute atomic E-state index is 0.0265. The average molecular weight is 454 g/mol. The van der Waals surface area contributed by atoms with Crippen molar-refractivity contribution < 1.29 is 14.3 Å². The van der Waals surface area contributed by atoms with Crippen LogP contribution in [0.15, 0.2) is 78.9 Å². The predicted octanol–water partition coefficient (Wildman–Crippen LogP) is 5.13. The molecular weight excluding hydrogens is 426 g/mol. The lowest BCUT2D eigenvalue weighted by Crippen LogP contribution is -2.18. The van der Waals surface area contributed by atoms with Crippen LogP contribution >= 0.6 is 0 Å². The van der Waals surface area contributed by atoms with E-state index in [1.54, 1.807) is 25.2 Å². The summed E-state index contributed by atoms with van der Waals surface area (Å²) in [6.45, 7) is 4.42. The van der Waals surface area contributed by atoms with Crippen LogP contribution in [0, 0.1) is 13.8 Å².